The number of amides is 2. The number of carbonyl (C=O) groups excluding carboxylic acids is 2. The fourth-order valence-electron chi connectivity index (χ4n) is 3.68. The molecule has 1 aliphatic heterocycles. The van der Waals surface area contributed by atoms with Gasteiger partial charge in [0.1, 0.15) is 11.5 Å². The third-order valence-electron chi connectivity index (χ3n) is 5.33. The normalized spacial score (nSPS) is 15.5. The van der Waals surface area contributed by atoms with Gasteiger partial charge in [0.25, 0.3) is 0 Å². The molecule has 2 aromatic rings. The Morgan fingerprint density at radius 2 is 1.86 bits per heavy atom. The molecule has 0 saturated carbocycles. The summed E-state index contributed by atoms with van der Waals surface area (Å²) in [5, 5.41) is 2.58. The van der Waals surface area contributed by atoms with Crippen LogP contribution in [0, 0.1) is 0 Å². The van der Waals surface area contributed by atoms with E-state index in [9.17, 15) is 18.0 Å². The number of carbonyl (C=O) groups is 2. The molecule has 1 atom stereocenters. The van der Waals surface area contributed by atoms with Crippen LogP contribution in [0.2, 0.25) is 0 Å². The van der Waals surface area contributed by atoms with Gasteiger partial charge in [-0.15, -0.1) is 0 Å². The predicted octanol–water partition coefficient (Wildman–Crippen LogP) is 2.58. The maximum absolute atomic E-state index is 12.9. The van der Waals surface area contributed by atoms with Crippen molar-refractivity contribution in [1.82, 2.24) is 4.90 Å². The summed E-state index contributed by atoms with van der Waals surface area (Å²) < 4.78 is 47.2. The molecule has 190 valence electrons. The third kappa shape index (κ3) is 7.41. The van der Waals surface area contributed by atoms with Crippen LogP contribution in [0.4, 0.5) is 5.69 Å². The highest BCUT2D eigenvalue weighted by atomic mass is 32.2. The minimum Gasteiger partial charge on any atom is -0.493 e. The van der Waals surface area contributed by atoms with Crippen molar-refractivity contribution in [1.29, 1.82) is 0 Å². The Morgan fingerprint density at radius 1 is 1.11 bits per heavy atom. The zero-order valence-corrected chi connectivity index (χ0v) is 20.8. The Bertz CT molecular complexity index is 1130. The first-order valence-corrected chi connectivity index (χ1v) is 12.5. The molecule has 1 fully saturated rings. The minimum absolute atomic E-state index is 0.00723. The van der Waals surface area contributed by atoms with Crippen molar-refractivity contribution in [2.75, 3.05) is 39.3 Å². The molecule has 0 aromatic heterocycles. The summed E-state index contributed by atoms with van der Waals surface area (Å²) in [4.78, 5) is 25.3. The number of ether oxygens (including phenoxy) is 3. The number of methoxy groups -OCH3 is 2. The van der Waals surface area contributed by atoms with Gasteiger partial charge in [0.05, 0.1) is 13.2 Å². The van der Waals surface area contributed by atoms with Gasteiger partial charge in [-0.05, 0) is 54.8 Å². The van der Waals surface area contributed by atoms with E-state index in [1.807, 2.05) is 0 Å². The highest BCUT2D eigenvalue weighted by Gasteiger charge is 2.24. The summed E-state index contributed by atoms with van der Waals surface area (Å²) in [6.07, 6.45) is 1.76. The number of hydrogen-bond acceptors (Lipinski definition) is 8. The lowest BCUT2D eigenvalue weighted by Gasteiger charge is -2.25. The number of nitrogens with zero attached hydrogens (tertiary/aromatic N) is 1. The van der Waals surface area contributed by atoms with Crippen molar-refractivity contribution in [3.05, 3.63) is 48.0 Å². The molecule has 2 aromatic carbocycles. The summed E-state index contributed by atoms with van der Waals surface area (Å²) in [5.41, 5.74) is 1.11. The van der Waals surface area contributed by atoms with E-state index in [1.165, 1.54) is 51.5 Å². The van der Waals surface area contributed by atoms with Gasteiger partial charge in [-0.3, -0.25) is 9.59 Å². The van der Waals surface area contributed by atoms with E-state index in [1.54, 1.807) is 17.0 Å². The second-order valence-corrected chi connectivity index (χ2v) is 9.62. The second kappa shape index (κ2) is 12.0. The first-order chi connectivity index (χ1) is 16.7. The van der Waals surface area contributed by atoms with E-state index < -0.39 is 10.1 Å². The summed E-state index contributed by atoms with van der Waals surface area (Å²) in [6.45, 7) is 2.57. The SMILES string of the molecule is COCC(=O)N(Cc1ccc(OC)c(OS(=O)(=O)c2ccc(NC(C)=O)cc2)c1)CC1CCCO1. The molecule has 11 heteroatoms. The topological polar surface area (TPSA) is 120 Å². The molecule has 1 unspecified atom stereocenters. The van der Waals surface area contributed by atoms with E-state index in [2.05, 4.69) is 5.32 Å². The molecule has 35 heavy (non-hydrogen) atoms. The van der Waals surface area contributed by atoms with E-state index in [0.717, 1.165) is 12.8 Å². The van der Waals surface area contributed by atoms with Gasteiger partial charge in [-0.25, -0.2) is 0 Å². The van der Waals surface area contributed by atoms with Gasteiger partial charge >= 0.3 is 10.1 Å². The molecule has 0 aliphatic carbocycles. The number of benzene rings is 2. The number of nitrogens with one attached hydrogen (secondary N) is 1. The monoisotopic (exact) mass is 506 g/mol. The zero-order chi connectivity index (χ0) is 25.4. The van der Waals surface area contributed by atoms with Gasteiger partial charge in [0.15, 0.2) is 11.5 Å². The molecule has 0 radical (unpaired) electrons. The van der Waals surface area contributed by atoms with Crippen molar-refractivity contribution in [3.8, 4) is 11.5 Å². The maximum Gasteiger partial charge on any atom is 0.339 e. The number of rotatable bonds is 11. The quantitative estimate of drug-likeness (QED) is 0.462. The highest BCUT2D eigenvalue weighted by molar-refractivity contribution is 7.87. The van der Waals surface area contributed by atoms with Crippen LogP contribution in [-0.2, 0) is 35.7 Å². The van der Waals surface area contributed by atoms with Crippen molar-refractivity contribution in [3.63, 3.8) is 0 Å². The molecule has 10 nitrogen and oxygen atoms in total. The summed E-state index contributed by atoms with van der Waals surface area (Å²) in [5.74, 6) is -0.252. The molecule has 0 spiro atoms. The van der Waals surface area contributed by atoms with Gasteiger partial charge in [0, 0.05) is 39.4 Å². The van der Waals surface area contributed by atoms with Gasteiger partial charge in [0.2, 0.25) is 11.8 Å². The lowest BCUT2D eigenvalue weighted by Crippen LogP contribution is -2.38. The van der Waals surface area contributed by atoms with E-state index >= 15 is 0 Å². The molecule has 1 aliphatic rings. The van der Waals surface area contributed by atoms with Crippen LogP contribution in [0.25, 0.3) is 0 Å². The lowest BCUT2D eigenvalue weighted by molar-refractivity contribution is -0.137. The molecule has 2 amide bonds. The molecule has 1 saturated heterocycles. The molecule has 1 N–H and O–H groups in total. The maximum atomic E-state index is 12.9. The Hall–Kier alpha value is -3.15. The Balaban J connectivity index is 1.81. The minimum atomic E-state index is -4.19. The lowest BCUT2D eigenvalue weighted by atomic mass is 10.1. The van der Waals surface area contributed by atoms with Crippen LogP contribution < -0.4 is 14.2 Å². The highest BCUT2D eigenvalue weighted by Crippen LogP contribution is 2.32. The largest absolute Gasteiger partial charge is 0.493 e. The van der Waals surface area contributed by atoms with Crippen LogP contribution in [0.3, 0.4) is 0 Å². The summed E-state index contributed by atoms with van der Waals surface area (Å²) in [6, 6.07) is 10.5. The van der Waals surface area contributed by atoms with Gasteiger partial charge < -0.3 is 28.6 Å². The molecule has 1 heterocycles. The number of anilines is 1. The first kappa shape index (κ1) is 26.5. The zero-order valence-electron chi connectivity index (χ0n) is 20.0. The average Bonchev–Trinajstić information content (AvgIpc) is 3.32. The molecular formula is C24H30N2O8S. The molecule has 3 rings (SSSR count). The third-order valence-corrected chi connectivity index (χ3v) is 6.58. The van der Waals surface area contributed by atoms with Crippen molar-refractivity contribution in [2.24, 2.45) is 0 Å². The van der Waals surface area contributed by atoms with Crippen molar-refractivity contribution < 1.29 is 36.4 Å². The van der Waals surface area contributed by atoms with E-state index in [4.69, 9.17) is 18.4 Å². The van der Waals surface area contributed by atoms with Crippen LogP contribution in [0.1, 0.15) is 25.3 Å². The fourth-order valence-corrected chi connectivity index (χ4v) is 4.62. The van der Waals surface area contributed by atoms with Crippen molar-refractivity contribution in [2.45, 2.75) is 37.3 Å². The standard InChI is InChI=1S/C24H30N2O8S/c1-17(27)25-19-7-9-21(10-8-19)35(29,30)34-23-13-18(6-11-22(23)32-3)14-26(24(28)16-31-2)15-20-5-4-12-33-20/h6-11,13,20H,4-5,12,14-16H2,1-3H3,(H,25,27). The fraction of sp³-hybridized carbons (Fsp3) is 0.417. The van der Waals surface area contributed by atoms with Gasteiger partial charge in [-0.2, -0.15) is 8.42 Å². The summed E-state index contributed by atoms with van der Waals surface area (Å²) in [7, 11) is -1.33. The Labute approximate surface area is 205 Å². The van der Waals surface area contributed by atoms with Gasteiger partial charge in [-0.1, -0.05) is 6.07 Å². The van der Waals surface area contributed by atoms with Crippen LogP contribution in [0.5, 0.6) is 11.5 Å². The molecule has 0 bridgehead atoms. The smallest absolute Gasteiger partial charge is 0.339 e. The van der Waals surface area contributed by atoms with Crippen molar-refractivity contribution >= 4 is 27.6 Å². The summed E-state index contributed by atoms with van der Waals surface area (Å²) >= 11 is 0. The van der Waals surface area contributed by atoms with Crippen LogP contribution in [-0.4, -0.2) is 65.2 Å². The predicted molar refractivity (Wildman–Crippen MR) is 128 cm³/mol. The Morgan fingerprint density at radius 3 is 2.46 bits per heavy atom. The van der Waals surface area contributed by atoms with Crippen LogP contribution >= 0.6 is 0 Å². The average molecular weight is 507 g/mol. The second-order valence-electron chi connectivity index (χ2n) is 8.07. The first-order valence-electron chi connectivity index (χ1n) is 11.1. The van der Waals surface area contributed by atoms with Crippen LogP contribution in [0.15, 0.2) is 47.4 Å². The van der Waals surface area contributed by atoms with E-state index in [-0.39, 0.29) is 47.5 Å². The van der Waals surface area contributed by atoms with E-state index in [0.29, 0.717) is 24.4 Å². The number of hydrogen-bond donors (Lipinski definition) is 1. The Kier molecular flexibility index (Phi) is 9.07. The molecular weight excluding hydrogens is 476 g/mol.